The maximum Gasteiger partial charge on any atom is 0.418 e. The molecular formula is C24H21ClF3N3O3. The Morgan fingerprint density at radius 1 is 0.912 bits per heavy atom. The Balaban J connectivity index is 1.55. The van der Waals surface area contributed by atoms with Crippen molar-refractivity contribution in [2.45, 2.75) is 13.1 Å². The number of hydrogen-bond acceptors (Lipinski definition) is 4. The number of rotatable bonds is 8. The van der Waals surface area contributed by atoms with Crippen LogP contribution in [0.2, 0.25) is 5.02 Å². The molecule has 3 N–H and O–H groups in total. The number of amides is 2. The lowest BCUT2D eigenvalue weighted by Crippen LogP contribution is -2.23. The van der Waals surface area contributed by atoms with E-state index in [1.54, 1.807) is 48.5 Å². The van der Waals surface area contributed by atoms with E-state index in [2.05, 4.69) is 16.0 Å². The van der Waals surface area contributed by atoms with Crippen molar-refractivity contribution in [1.29, 1.82) is 0 Å². The van der Waals surface area contributed by atoms with E-state index in [0.717, 1.165) is 12.1 Å². The van der Waals surface area contributed by atoms with Crippen molar-refractivity contribution >= 4 is 40.5 Å². The van der Waals surface area contributed by atoms with Gasteiger partial charge in [-0.2, -0.15) is 13.2 Å². The third-order valence-corrected chi connectivity index (χ3v) is 4.82. The first kappa shape index (κ1) is 24.9. The lowest BCUT2D eigenvalue weighted by Gasteiger charge is -2.14. The van der Waals surface area contributed by atoms with Crippen molar-refractivity contribution in [3.05, 3.63) is 82.9 Å². The minimum absolute atomic E-state index is 0.0879. The quantitative estimate of drug-likeness (QED) is 0.358. The van der Waals surface area contributed by atoms with Crippen LogP contribution < -0.4 is 20.7 Å². The molecule has 0 aliphatic rings. The molecule has 0 aromatic heterocycles. The van der Waals surface area contributed by atoms with E-state index in [-0.39, 0.29) is 23.2 Å². The lowest BCUT2D eigenvalue weighted by molar-refractivity contribution is -0.137. The number of ether oxygens (including phenoxy) is 1. The van der Waals surface area contributed by atoms with Gasteiger partial charge in [-0.1, -0.05) is 11.6 Å². The summed E-state index contributed by atoms with van der Waals surface area (Å²) in [7, 11) is 0. The summed E-state index contributed by atoms with van der Waals surface area (Å²) < 4.78 is 44.8. The fraction of sp³-hybridized carbons (Fsp3) is 0.167. The fourth-order valence-electron chi connectivity index (χ4n) is 2.98. The van der Waals surface area contributed by atoms with Crippen LogP contribution in [0.1, 0.15) is 22.8 Å². The zero-order chi connectivity index (χ0) is 24.7. The van der Waals surface area contributed by atoms with E-state index in [4.69, 9.17) is 16.3 Å². The topological polar surface area (TPSA) is 79.5 Å². The third-order valence-electron chi connectivity index (χ3n) is 4.58. The van der Waals surface area contributed by atoms with E-state index < -0.39 is 17.6 Å². The van der Waals surface area contributed by atoms with E-state index in [1.807, 2.05) is 6.92 Å². The molecule has 0 fully saturated rings. The normalized spacial score (nSPS) is 11.0. The minimum Gasteiger partial charge on any atom is -0.494 e. The molecule has 0 atom stereocenters. The van der Waals surface area contributed by atoms with Gasteiger partial charge < -0.3 is 20.7 Å². The molecule has 2 amide bonds. The van der Waals surface area contributed by atoms with Crippen molar-refractivity contribution < 1.29 is 27.5 Å². The predicted molar refractivity (Wildman–Crippen MR) is 126 cm³/mol. The van der Waals surface area contributed by atoms with Crippen molar-refractivity contribution in [3.63, 3.8) is 0 Å². The average molecular weight is 492 g/mol. The van der Waals surface area contributed by atoms with Gasteiger partial charge in [0.1, 0.15) is 5.75 Å². The highest BCUT2D eigenvalue weighted by Gasteiger charge is 2.34. The second kappa shape index (κ2) is 10.9. The molecule has 3 aromatic carbocycles. The number of alkyl halides is 3. The van der Waals surface area contributed by atoms with Gasteiger partial charge in [-0.05, 0) is 73.7 Å². The summed E-state index contributed by atoms with van der Waals surface area (Å²) in [6, 6.07) is 16.4. The molecule has 0 saturated carbocycles. The van der Waals surface area contributed by atoms with Crippen LogP contribution in [0, 0.1) is 0 Å². The number of hydrogen-bond donors (Lipinski definition) is 3. The first-order chi connectivity index (χ1) is 16.2. The summed E-state index contributed by atoms with van der Waals surface area (Å²) in [5, 5.41) is 7.71. The summed E-state index contributed by atoms with van der Waals surface area (Å²) in [6.45, 7) is 2.14. The first-order valence-electron chi connectivity index (χ1n) is 10.2. The molecule has 178 valence electrons. The number of benzene rings is 3. The van der Waals surface area contributed by atoms with E-state index in [1.165, 1.54) is 6.07 Å². The van der Waals surface area contributed by atoms with Crippen LogP contribution in [0.3, 0.4) is 0 Å². The van der Waals surface area contributed by atoms with Gasteiger partial charge >= 0.3 is 6.18 Å². The number of nitrogens with one attached hydrogen (secondary N) is 3. The standard InChI is InChI=1S/C24H21ClF3N3O3/c1-2-34-19-10-8-18(9-11-19)30-23(33)15-3-6-17(7-4-15)29-14-22(32)31-21-12-5-16(25)13-20(21)24(26,27)28/h3-13,29H,2,14H2,1H3,(H,30,33)(H,31,32). The van der Waals surface area contributed by atoms with Crippen LogP contribution >= 0.6 is 11.6 Å². The van der Waals surface area contributed by atoms with Crippen molar-refractivity contribution in [3.8, 4) is 5.75 Å². The largest absolute Gasteiger partial charge is 0.494 e. The number of carbonyl (C=O) groups excluding carboxylic acids is 2. The Morgan fingerprint density at radius 2 is 1.56 bits per heavy atom. The summed E-state index contributed by atoms with van der Waals surface area (Å²) in [5.41, 5.74) is 0.0915. The molecule has 0 aliphatic heterocycles. The van der Waals surface area contributed by atoms with Gasteiger partial charge in [0, 0.05) is 22.0 Å². The molecule has 0 aliphatic carbocycles. The van der Waals surface area contributed by atoms with Gasteiger partial charge in [0.15, 0.2) is 0 Å². The zero-order valence-corrected chi connectivity index (χ0v) is 18.8. The number of carbonyl (C=O) groups is 2. The third kappa shape index (κ3) is 6.89. The summed E-state index contributed by atoms with van der Waals surface area (Å²) >= 11 is 5.64. The van der Waals surface area contributed by atoms with E-state index in [0.29, 0.717) is 29.3 Å². The van der Waals surface area contributed by atoms with Gasteiger partial charge in [-0.3, -0.25) is 9.59 Å². The van der Waals surface area contributed by atoms with Crippen LogP contribution in [-0.2, 0) is 11.0 Å². The smallest absolute Gasteiger partial charge is 0.418 e. The summed E-state index contributed by atoms with van der Waals surface area (Å²) in [4.78, 5) is 24.6. The minimum atomic E-state index is -4.66. The lowest BCUT2D eigenvalue weighted by atomic mass is 10.1. The van der Waals surface area contributed by atoms with Crippen molar-refractivity contribution in [2.24, 2.45) is 0 Å². The molecule has 3 rings (SSSR count). The highest BCUT2D eigenvalue weighted by atomic mass is 35.5. The maximum atomic E-state index is 13.2. The van der Waals surface area contributed by atoms with Crippen molar-refractivity contribution in [1.82, 2.24) is 0 Å². The number of halogens is 4. The van der Waals surface area contributed by atoms with E-state index in [9.17, 15) is 22.8 Å². The molecule has 3 aromatic rings. The van der Waals surface area contributed by atoms with Gasteiger partial charge in [-0.15, -0.1) is 0 Å². The highest BCUT2D eigenvalue weighted by molar-refractivity contribution is 6.30. The molecule has 0 saturated heterocycles. The van der Waals surface area contributed by atoms with Gasteiger partial charge in [0.25, 0.3) is 5.91 Å². The Kier molecular flexibility index (Phi) is 8.01. The predicted octanol–water partition coefficient (Wildman–Crippen LogP) is 6.06. The summed E-state index contributed by atoms with van der Waals surface area (Å²) in [6.07, 6.45) is -4.66. The molecule has 0 radical (unpaired) electrons. The Labute approximate surface area is 199 Å². The number of anilines is 3. The molecule has 34 heavy (non-hydrogen) atoms. The second-order valence-corrected chi connectivity index (χ2v) is 7.51. The van der Waals surface area contributed by atoms with Crippen LogP contribution in [0.25, 0.3) is 0 Å². The second-order valence-electron chi connectivity index (χ2n) is 7.08. The van der Waals surface area contributed by atoms with Crippen LogP contribution in [0.4, 0.5) is 30.2 Å². The maximum absolute atomic E-state index is 13.2. The molecule has 6 nitrogen and oxygen atoms in total. The van der Waals surface area contributed by atoms with Crippen LogP contribution in [0.5, 0.6) is 5.75 Å². The Morgan fingerprint density at radius 3 is 2.18 bits per heavy atom. The van der Waals surface area contributed by atoms with Gasteiger partial charge in [-0.25, -0.2) is 0 Å². The monoisotopic (exact) mass is 491 g/mol. The molecule has 0 bridgehead atoms. The molecule has 10 heteroatoms. The Hall–Kier alpha value is -3.72. The first-order valence-corrected chi connectivity index (χ1v) is 10.6. The zero-order valence-electron chi connectivity index (χ0n) is 18.0. The van der Waals surface area contributed by atoms with Crippen LogP contribution in [0.15, 0.2) is 66.7 Å². The molecule has 0 unspecified atom stereocenters. The summed E-state index contributed by atoms with van der Waals surface area (Å²) in [5.74, 6) is -0.299. The average Bonchev–Trinajstić information content (AvgIpc) is 2.80. The van der Waals surface area contributed by atoms with Gasteiger partial charge in [0.05, 0.1) is 24.4 Å². The molecule has 0 spiro atoms. The van der Waals surface area contributed by atoms with Gasteiger partial charge in [0.2, 0.25) is 5.91 Å². The highest BCUT2D eigenvalue weighted by Crippen LogP contribution is 2.36. The Bertz CT molecular complexity index is 1150. The van der Waals surface area contributed by atoms with Crippen molar-refractivity contribution in [2.75, 3.05) is 29.1 Å². The molecular weight excluding hydrogens is 471 g/mol. The SMILES string of the molecule is CCOc1ccc(NC(=O)c2ccc(NCC(=O)Nc3ccc(Cl)cc3C(F)(F)F)cc2)cc1. The van der Waals surface area contributed by atoms with E-state index >= 15 is 0 Å². The molecule has 0 heterocycles. The fourth-order valence-corrected chi connectivity index (χ4v) is 3.15. The van der Waals surface area contributed by atoms with Crippen LogP contribution in [-0.4, -0.2) is 25.0 Å².